The number of aromatic nitrogens is 1. The number of benzene rings is 2. The summed E-state index contributed by atoms with van der Waals surface area (Å²) in [4.78, 5) is 39.9. The van der Waals surface area contributed by atoms with Crippen molar-refractivity contribution in [1.82, 2.24) is 14.8 Å². The first-order valence-corrected chi connectivity index (χ1v) is 12.9. The molecule has 1 unspecified atom stereocenters. The van der Waals surface area contributed by atoms with E-state index < -0.39 is 11.8 Å². The molecule has 0 radical (unpaired) electrons. The van der Waals surface area contributed by atoms with Gasteiger partial charge in [-0.1, -0.05) is 29.4 Å². The standard InChI is InChI=1S/C26H25ClFN3O4S/c1-15-24(36-17-5-2-4-16(10-17)25(34)35)18-6-7-19(27)22(28)23(18)31(15)12-21(33)30-9-3-8-26(14-30)11-20(32)29-13-26/h2,4-7,10H,3,8-9,11-14H2,1H3,(H,29,32)(H,34,35). The minimum Gasteiger partial charge on any atom is -0.478 e. The molecule has 2 saturated heterocycles. The molecule has 2 aromatic carbocycles. The quantitative estimate of drug-likeness (QED) is 0.499. The van der Waals surface area contributed by atoms with Gasteiger partial charge in [0, 0.05) is 52.3 Å². The van der Waals surface area contributed by atoms with Crippen molar-refractivity contribution in [2.45, 2.75) is 42.5 Å². The van der Waals surface area contributed by atoms with Gasteiger partial charge in [0.2, 0.25) is 11.8 Å². The maximum Gasteiger partial charge on any atom is 0.335 e. The third-order valence-corrected chi connectivity index (χ3v) is 8.62. The molecule has 2 N–H and O–H groups in total. The van der Waals surface area contributed by atoms with Gasteiger partial charge < -0.3 is 19.9 Å². The number of hydrogen-bond acceptors (Lipinski definition) is 4. The van der Waals surface area contributed by atoms with Crippen LogP contribution in [0.15, 0.2) is 46.2 Å². The lowest BCUT2D eigenvalue weighted by molar-refractivity contribution is -0.135. The van der Waals surface area contributed by atoms with Gasteiger partial charge >= 0.3 is 5.97 Å². The Labute approximate surface area is 216 Å². The summed E-state index contributed by atoms with van der Waals surface area (Å²) in [6.07, 6.45) is 2.12. The van der Waals surface area contributed by atoms with Gasteiger partial charge in [-0.2, -0.15) is 0 Å². The van der Waals surface area contributed by atoms with Crippen LogP contribution in [-0.4, -0.2) is 52.0 Å². The molecule has 2 aliphatic rings. The summed E-state index contributed by atoms with van der Waals surface area (Å²) in [6, 6.07) is 9.75. The van der Waals surface area contributed by atoms with Crippen LogP contribution in [-0.2, 0) is 16.1 Å². The van der Waals surface area contributed by atoms with Gasteiger partial charge in [0.1, 0.15) is 6.54 Å². The fourth-order valence-electron chi connectivity index (χ4n) is 5.31. The highest BCUT2D eigenvalue weighted by molar-refractivity contribution is 7.99. The summed E-state index contributed by atoms with van der Waals surface area (Å²) in [5.74, 6) is -1.76. The second-order valence-corrected chi connectivity index (χ2v) is 11.1. The number of likely N-dealkylation sites (tertiary alicyclic amines) is 1. The first-order chi connectivity index (χ1) is 17.2. The SMILES string of the molecule is Cc1c(Sc2cccc(C(=O)O)c2)c2ccc(Cl)c(F)c2n1CC(=O)N1CCCC2(CNC(=O)C2)C1. The number of hydrogen-bond donors (Lipinski definition) is 2. The zero-order chi connectivity index (χ0) is 25.6. The Morgan fingerprint density at radius 3 is 2.81 bits per heavy atom. The minimum atomic E-state index is -1.03. The van der Waals surface area contributed by atoms with E-state index in [9.17, 15) is 19.5 Å². The normalized spacial score (nSPS) is 19.8. The van der Waals surface area contributed by atoms with Crippen molar-refractivity contribution < 1.29 is 23.9 Å². The number of nitrogens with zero attached hydrogens (tertiary/aromatic N) is 2. The van der Waals surface area contributed by atoms with Gasteiger partial charge in [-0.15, -0.1) is 0 Å². The molecule has 188 valence electrons. The van der Waals surface area contributed by atoms with Crippen LogP contribution < -0.4 is 5.32 Å². The summed E-state index contributed by atoms with van der Waals surface area (Å²) >= 11 is 7.45. The fraction of sp³-hybridized carbons (Fsp3) is 0.346. The number of halogens is 2. The maximum absolute atomic E-state index is 15.3. The number of aromatic carboxylic acids is 1. The van der Waals surface area contributed by atoms with Crippen molar-refractivity contribution in [3.63, 3.8) is 0 Å². The molecule has 36 heavy (non-hydrogen) atoms. The van der Waals surface area contributed by atoms with E-state index in [4.69, 9.17) is 11.6 Å². The van der Waals surface area contributed by atoms with Crippen molar-refractivity contribution >= 4 is 52.0 Å². The highest BCUT2D eigenvalue weighted by atomic mass is 35.5. The van der Waals surface area contributed by atoms with Crippen molar-refractivity contribution in [3.8, 4) is 0 Å². The molecule has 0 bridgehead atoms. The van der Waals surface area contributed by atoms with Gasteiger partial charge in [-0.3, -0.25) is 9.59 Å². The Bertz CT molecular complexity index is 1410. The van der Waals surface area contributed by atoms with E-state index in [-0.39, 0.29) is 39.9 Å². The van der Waals surface area contributed by atoms with E-state index in [2.05, 4.69) is 5.32 Å². The Morgan fingerprint density at radius 2 is 2.08 bits per heavy atom. The molecule has 3 aromatic rings. The van der Waals surface area contributed by atoms with Crippen LogP contribution in [0.2, 0.25) is 5.02 Å². The van der Waals surface area contributed by atoms with E-state index in [1.807, 2.05) is 6.92 Å². The summed E-state index contributed by atoms with van der Waals surface area (Å²) in [6.45, 7) is 3.42. The Balaban J connectivity index is 1.49. The molecule has 3 heterocycles. The number of carboxylic acid groups (broad SMARTS) is 1. The van der Waals surface area contributed by atoms with Gasteiger partial charge in [-0.25, -0.2) is 9.18 Å². The average Bonchev–Trinajstić information content (AvgIpc) is 3.33. The molecule has 1 spiro atoms. The Morgan fingerprint density at radius 1 is 1.28 bits per heavy atom. The van der Waals surface area contributed by atoms with E-state index in [0.29, 0.717) is 42.0 Å². The van der Waals surface area contributed by atoms with Gasteiger partial charge in [0.05, 0.1) is 16.1 Å². The molecule has 0 aliphatic carbocycles. The first kappa shape index (κ1) is 24.6. The second-order valence-electron chi connectivity index (χ2n) is 9.57. The number of rotatable bonds is 5. The predicted octanol–water partition coefficient (Wildman–Crippen LogP) is 4.72. The molecule has 10 heteroatoms. The van der Waals surface area contributed by atoms with Gasteiger partial charge in [0.25, 0.3) is 0 Å². The number of carboxylic acids is 1. The molecule has 2 fully saturated rings. The monoisotopic (exact) mass is 529 g/mol. The number of carbonyl (C=O) groups excluding carboxylic acids is 2. The summed E-state index contributed by atoms with van der Waals surface area (Å²) < 4.78 is 17.0. The lowest BCUT2D eigenvalue weighted by atomic mass is 9.79. The molecule has 2 aliphatic heterocycles. The van der Waals surface area contributed by atoms with E-state index in [0.717, 1.165) is 17.7 Å². The number of piperidine rings is 1. The molecule has 5 rings (SSSR count). The highest BCUT2D eigenvalue weighted by Gasteiger charge is 2.42. The van der Waals surface area contributed by atoms with Crippen LogP contribution in [0.1, 0.15) is 35.3 Å². The third kappa shape index (κ3) is 4.46. The summed E-state index contributed by atoms with van der Waals surface area (Å²) in [5.41, 5.74) is 0.859. The smallest absolute Gasteiger partial charge is 0.335 e. The number of carbonyl (C=O) groups is 3. The lowest BCUT2D eigenvalue weighted by Crippen LogP contribution is -2.48. The summed E-state index contributed by atoms with van der Waals surface area (Å²) in [7, 11) is 0. The zero-order valence-corrected chi connectivity index (χ0v) is 21.2. The molecule has 1 atom stereocenters. The van der Waals surface area contributed by atoms with Crippen LogP contribution in [0.25, 0.3) is 10.9 Å². The fourth-order valence-corrected chi connectivity index (χ4v) is 6.56. The predicted molar refractivity (Wildman–Crippen MR) is 135 cm³/mol. The Hall–Kier alpha value is -3.04. The number of nitrogens with one attached hydrogen (secondary N) is 1. The van der Waals surface area contributed by atoms with Crippen molar-refractivity contribution in [1.29, 1.82) is 0 Å². The van der Waals surface area contributed by atoms with Crippen LogP contribution in [0.4, 0.5) is 4.39 Å². The molecule has 0 saturated carbocycles. The maximum atomic E-state index is 15.3. The summed E-state index contributed by atoms with van der Waals surface area (Å²) in [5, 5.41) is 12.8. The van der Waals surface area contributed by atoms with Gasteiger partial charge in [0.15, 0.2) is 5.82 Å². The second kappa shape index (κ2) is 9.44. The number of fused-ring (bicyclic) bond motifs is 1. The zero-order valence-electron chi connectivity index (χ0n) is 19.6. The Kier molecular flexibility index (Phi) is 6.46. The first-order valence-electron chi connectivity index (χ1n) is 11.7. The highest BCUT2D eigenvalue weighted by Crippen LogP contribution is 2.41. The van der Waals surface area contributed by atoms with Crippen LogP contribution in [0.5, 0.6) is 0 Å². The van der Waals surface area contributed by atoms with Crippen LogP contribution in [0.3, 0.4) is 0 Å². The third-order valence-electron chi connectivity index (χ3n) is 7.12. The minimum absolute atomic E-state index is 0.0156. The van der Waals surface area contributed by atoms with E-state index in [1.165, 1.54) is 23.9 Å². The molecule has 2 amide bonds. The van der Waals surface area contributed by atoms with Crippen LogP contribution >= 0.6 is 23.4 Å². The van der Waals surface area contributed by atoms with Gasteiger partial charge in [-0.05, 0) is 50.1 Å². The molecule has 1 aromatic heterocycles. The van der Waals surface area contributed by atoms with E-state index in [1.54, 1.807) is 33.7 Å². The van der Waals surface area contributed by atoms with Crippen LogP contribution in [0, 0.1) is 18.2 Å². The molecular weight excluding hydrogens is 505 g/mol. The largest absolute Gasteiger partial charge is 0.478 e. The topological polar surface area (TPSA) is 91.6 Å². The number of amides is 2. The van der Waals surface area contributed by atoms with Crippen molar-refractivity contribution in [2.24, 2.45) is 5.41 Å². The lowest BCUT2D eigenvalue weighted by Gasteiger charge is -2.39. The molecule has 7 nitrogen and oxygen atoms in total. The van der Waals surface area contributed by atoms with Crippen molar-refractivity contribution in [3.05, 3.63) is 58.5 Å². The average molecular weight is 530 g/mol. The molecular formula is C26H25ClFN3O4S. The van der Waals surface area contributed by atoms with E-state index >= 15 is 4.39 Å². The van der Waals surface area contributed by atoms with Crippen molar-refractivity contribution in [2.75, 3.05) is 19.6 Å².